The fourth-order valence-corrected chi connectivity index (χ4v) is 2.53. The largest absolute Gasteiger partial charge is 0.444 e. The molecule has 1 saturated heterocycles. The molecule has 1 aromatic heterocycles. The molecular weight excluding hydrogens is 268 g/mol. The number of hydrogen-bond acceptors (Lipinski definition) is 4. The first kappa shape index (κ1) is 15.8. The van der Waals surface area contributed by atoms with E-state index in [1.165, 1.54) is 0 Å². The number of piperidine rings is 1. The molecule has 2 rings (SSSR count). The van der Waals surface area contributed by atoms with Crippen molar-refractivity contribution in [2.75, 3.05) is 13.1 Å². The van der Waals surface area contributed by atoms with Crippen LogP contribution < -0.4 is 0 Å². The fraction of sp³-hybridized carbons (Fsp3) is 0.625. The highest BCUT2D eigenvalue weighted by atomic mass is 16.6. The van der Waals surface area contributed by atoms with Crippen molar-refractivity contribution < 1.29 is 14.6 Å². The van der Waals surface area contributed by atoms with E-state index in [2.05, 4.69) is 4.98 Å². The van der Waals surface area contributed by atoms with Gasteiger partial charge >= 0.3 is 6.09 Å². The van der Waals surface area contributed by atoms with E-state index in [0.717, 1.165) is 12.0 Å². The van der Waals surface area contributed by atoms with Crippen LogP contribution in [0.15, 0.2) is 24.5 Å². The maximum Gasteiger partial charge on any atom is 0.410 e. The zero-order valence-corrected chi connectivity index (χ0v) is 13.0. The first-order chi connectivity index (χ1) is 9.85. The number of aliphatic hydroxyl groups is 1. The Morgan fingerprint density at radius 2 is 2.10 bits per heavy atom. The molecule has 21 heavy (non-hydrogen) atoms. The third-order valence-corrected chi connectivity index (χ3v) is 3.59. The van der Waals surface area contributed by atoms with Gasteiger partial charge in [-0.05, 0) is 51.3 Å². The highest BCUT2D eigenvalue weighted by Gasteiger charge is 2.32. The summed E-state index contributed by atoms with van der Waals surface area (Å²) in [7, 11) is 0. The zero-order chi connectivity index (χ0) is 15.5. The van der Waals surface area contributed by atoms with Gasteiger partial charge in [0, 0.05) is 31.4 Å². The maximum atomic E-state index is 12.1. The molecule has 0 radical (unpaired) electrons. The van der Waals surface area contributed by atoms with Crippen molar-refractivity contribution >= 4 is 6.09 Å². The van der Waals surface area contributed by atoms with Crippen LogP contribution in [0, 0.1) is 5.92 Å². The third kappa shape index (κ3) is 4.70. The average molecular weight is 292 g/mol. The van der Waals surface area contributed by atoms with Crippen LogP contribution in [0.3, 0.4) is 0 Å². The van der Waals surface area contributed by atoms with Crippen molar-refractivity contribution in [2.45, 2.75) is 45.3 Å². The lowest BCUT2D eigenvalue weighted by atomic mass is 9.89. The number of hydrogen-bond donors (Lipinski definition) is 1. The molecule has 1 aromatic rings. The number of likely N-dealkylation sites (tertiary alicyclic amines) is 1. The predicted octanol–water partition coefficient (Wildman–Crippen LogP) is 2.24. The van der Waals surface area contributed by atoms with Gasteiger partial charge in [-0.15, -0.1) is 0 Å². The van der Waals surface area contributed by atoms with Gasteiger partial charge in [0.1, 0.15) is 5.60 Å². The van der Waals surface area contributed by atoms with Crippen LogP contribution in [0.4, 0.5) is 4.79 Å². The van der Waals surface area contributed by atoms with Crippen LogP contribution in [-0.4, -0.2) is 45.9 Å². The molecule has 1 aliphatic heterocycles. The molecule has 5 heteroatoms. The summed E-state index contributed by atoms with van der Waals surface area (Å²) in [5.74, 6) is 0.0358. The fourth-order valence-electron chi connectivity index (χ4n) is 2.53. The molecule has 0 bridgehead atoms. The smallest absolute Gasteiger partial charge is 0.410 e. The Hall–Kier alpha value is -1.62. The topological polar surface area (TPSA) is 62.7 Å². The van der Waals surface area contributed by atoms with Crippen molar-refractivity contribution in [1.82, 2.24) is 9.88 Å². The molecule has 0 spiro atoms. The van der Waals surface area contributed by atoms with Crippen molar-refractivity contribution in [3.05, 3.63) is 30.1 Å². The van der Waals surface area contributed by atoms with Gasteiger partial charge in [0.2, 0.25) is 0 Å². The Kier molecular flexibility index (Phi) is 4.83. The van der Waals surface area contributed by atoms with Gasteiger partial charge in [-0.1, -0.05) is 0 Å². The van der Waals surface area contributed by atoms with Crippen LogP contribution >= 0.6 is 0 Å². The van der Waals surface area contributed by atoms with Crippen molar-refractivity contribution in [3.8, 4) is 0 Å². The van der Waals surface area contributed by atoms with Crippen molar-refractivity contribution in [3.63, 3.8) is 0 Å². The van der Waals surface area contributed by atoms with Crippen LogP contribution in [0.5, 0.6) is 0 Å². The summed E-state index contributed by atoms with van der Waals surface area (Å²) in [6.07, 6.45) is 4.15. The van der Waals surface area contributed by atoms with Gasteiger partial charge in [-0.25, -0.2) is 4.79 Å². The van der Waals surface area contributed by atoms with Crippen molar-refractivity contribution in [1.29, 1.82) is 0 Å². The van der Waals surface area contributed by atoms with Gasteiger partial charge in [0.25, 0.3) is 0 Å². The Bertz CT molecular complexity index is 470. The average Bonchev–Trinajstić information content (AvgIpc) is 2.40. The van der Waals surface area contributed by atoms with Crippen molar-refractivity contribution in [2.24, 2.45) is 5.92 Å². The molecule has 1 N–H and O–H groups in total. The SMILES string of the molecule is CC(C)(C)OC(=O)N1CCC(O)C(Cc2ccncc2)C1. The zero-order valence-electron chi connectivity index (χ0n) is 13.0. The number of carbonyl (C=O) groups excluding carboxylic acids is 1. The predicted molar refractivity (Wildman–Crippen MR) is 79.9 cm³/mol. The Labute approximate surface area is 125 Å². The van der Waals surface area contributed by atoms with E-state index in [0.29, 0.717) is 19.5 Å². The van der Waals surface area contributed by atoms with Gasteiger partial charge in [0.15, 0.2) is 0 Å². The number of nitrogens with zero attached hydrogens (tertiary/aromatic N) is 2. The molecule has 0 aromatic carbocycles. The molecular formula is C16H24N2O3. The van der Waals surface area contributed by atoms with Gasteiger partial charge in [0.05, 0.1) is 6.10 Å². The molecule has 0 aliphatic carbocycles. The van der Waals surface area contributed by atoms with E-state index in [1.807, 2.05) is 32.9 Å². The summed E-state index contributed by atoms with van der Waals surface area (Å²) in [5.41, 5.74) is 0.633. The minimum absolute atomic E-state index is 0.0358. The molecule has 1 aliphatic rings. The first-order valence-corrected chi connectivity index (χ1v) is 7.40. The van der Waals surface area contributed by atoms with E-state index < -0.39 is 5.60 Å². The molecule has 2 atom stereocenters. The van der Waals surface area contributed by atoms with Crippen LogP contribution in [-0.2, 0) is 11.2 Å². The van der Waals surface area contributed by atoms with E-state index in [1.54, 1.807) is 17.3 Å². The molecule has 2 unspecified atom stereocenters. The third-order valence-electron chi connectivity index (χ3n) is 3.59. The monoisotopic (exact) mass is 292 g/mol. The van der Waals surface area contributed by atoms with E-state index in [9.17, 15) is 9.90 Å². The van der Waals surface area contributed by atoms with Gasteiger partial charge in [-0.2, -0.15) is 0 Å². The summed E-state index contributed by atoms with van der Waals surface area (Å²) in [6.45, 7) is 6.65. The first-order valence-electron chi connectivity index (χ1n) is 7.40. The number of pyridine rings is 1. The molecule has 5 nitrogen and oxygen atoms in total. The van der Waals surface area contributed by atoms with E-state index >= 15 is 0 Å². The quantitative estimate of drug-likeness (QED) is 0.908. The minimum Gasteiger partial charge on any atom is -0.444 e. The lowest BCUT2D eigenvalue weighted by Crippen LogP contribution is -2.48. The Balaban J connectivity index is 1.97. The second-order valence-corrected chi connectivity index (χ2v) is 6.60. The summed E-state index contributed by atoms with van der Waals surface area (Å²) >= 11 is 0. The maximum absolute atomic E-state index is 12.1. The standard InChI is InChI=1S/C16H24N2O3/c1-16(2,3)21-15(20)18-9-6-14(19)13(11-18)10-12-4-7-17-8-5-12/h4-5,7-8,13-14,19H,6,9-11H2,1-3H3. The van der Waals surface area contributed by atoms with E-state index in [4.69, 9.17) is 4.74 Å². The highest BCUT2D eigenvalue weighted by molar-refractivity contribution is 5.68. The Morgan fingerprint density at radius 3 is 2.71 bits per heavy atom. The number of ether oxygens (including phenoxy) is 1. The number of rotatable bonds is 2. The molecule has 2 heterocycles. The Morgan fingerprint density at radius 1 is 1.43 bits per heavy atom. The second-order valence-electron chi connectivity index (χ2n) is 6.60. The number of amides is 1. The van der Waals surface area contributed by atoms with Crippen LogP contribution in [0.2, 0.25) is 0 Å². The normalized spacial score (nSPS) is 23.0. The van der Waals surface area contributed by atoms with Crippen LogP contribution in [0.25, 0.3) is 0 Å². The summed E-state index contributed by atoms with van der Waals surface area (Å²) in [5, 5.41) is 10.2. The van der Waals surface area contributed by atoms with Crippen LogP contribution in [0.1, 0.15) is 32.8 Å². The lowest BCUT2D eigenvalue weighted by Gasteiger charge is -2.37. The highest BCUT2D eigenvalue weighted by Crippen LogP contribution is 2.23. The molecule has 1 amide bonds. The molecule has 1 fully saturated rings. The summed E-state index contributed by atoms with van der Waals surface area (Å²) in [6, 6.07) is 3.89. The number of carbonyl (C=O) groups is 1. The summed E-state index contributed by atoms with van der Waals surface area (Å²) < 4.78 is 5.41. The summed E-state index contributed by atoms with van der Waals surface area (Å²) in [4.78, 5) is 17.8. The number of aromatic nitrogens is 1. The lowest BCUT2D eigenvalue weighted by molar-refractivity contribution is -0.00824. The van der Waals surface area contributed by atoms with Gasteiger partial charge in [-0.3, -0.25) is 4.98 Å². The van der Waals surface area contributed by atoms with Gasteiger partial charge < -0.3 is 14.7 Å². The molecule has 0 saturated carbocycles. The minimum atomic E-state index is -0.492. The number of aliphatic hydroxyl groups excluding tert-OH is 1. The molecule has 116 valence electrons. The second kappa shape index (κ2) is 6.43. The van der Waals surface area contributed by atoms with E-state index in [-0.39, 0.29) is 18.1 Å².